The second-order valence-corrected chi connectivity index (χ2v) is 9.96. The predicted octanol–water partition coefficient (Wildman–Crippen LogP) is 3.53. The van der Waals surface area contributed by atoms with Crippen LogP contribution in [0.25, 0.3) is 0 Å². The van der Waals surface area contributed by atoms with Crippen LogP contribution >= 0.6 is 15.9 Å². The highest BCUT2D eigenvalue weighted by Gasteiger charge is 2.59. The lowest BCUT2D eigenvalue weighted by molar-refractivity contribution is -0.123. The maximum Gasteiger partial charge on any atom is 0.339 e. The maximum atomic E-state index is 12.9. The van der Waals surface area contributed by atoms with Gasteiger partial charge in [-0.2, -0.15) is 8.42 Å². The van der Waals surface area contributed by atoms with E-state index in [0.717, 1.165) is 10.9 Å². The van der Waals surface area contributed by atoms with E-state index in [9.17, 15) is 18.0 Å². The Morgan fingerprint density at radius 3 is 1.97 bits per heavy atom. The third kappa shape index (κ3) is 2.93. The Morgan fingerprint density at radius 2 is 1.41 bits per heavy atom. The SMILES string of the molecule is O=C1[C@@H]2[C@@H](C(=O)N1c1ccc(OS(=O)(=O)c3ccc(Br)cc3)cc1)[C@H]1C=C[C@H]2C1. The normalized spacial score (nSPS) is 27.6. The molecule has 1 aliphatic heterocycles. The van der Waals surface area contributed by atoms with Gasteiger partial charge in [0.2, 0.25) is 11.8 Å². The molecular formula is C21H16BrNO5S. The molecule has 5 rings (SSSR count). The van der Waals surface area contributed by atoms with Gasteiger partial charge in [-0.3, -0.25) is 14.5 Å². The fourth-order valence-corrected chi connectivity index (χ4v) is 5.78. The summed E-state index contributed by atoms with van der Waals surface area (Å²) < 4.78 is 30.7. The molecular weight excluding hydrogens is 458 g/mol. The molecule has 0 N–H and O–H groups in total. The summed E-state index contributed by atoms with van der Waals surface area (Å²) in [5.41, 5.74) is 0.433. The molecule has 2 aromatic carbocycles. The minimum atomic E-state index is -3.98. The molecule has 2 amide bonds. The van der Waals surface area contributed by atoms with Crippen LogP contribution in [0.4, 0.5) is 5.69 Å². The van der Waals surface area contributed by atoms with E-state index in [0.29, 0.717) is 5.69 Å². The number of fused-ring (bicyclic) bond motifs is 5. The number of amides is 2. The fraction of sp³-hybridized carbons (Fsp3) is 0.238. The number of imide groups is 1. The third-order valence-corrected chi connectivity index (χ3v) is 7.66. The summed E-state index contributed by atoms with van der Waals surface area (Å²) in [6, 6.07) is 12.1. The topological polar surface area (TPSA) is 80.8 Å². The molecule has 6 nitrogen and oxygen atoms in total. The lowest BCUT2D eigenvalue weighted by atomic mass is 9.85. The number of carbonyl (C=O) groups excluding carboxylic acids is 2. The Morgan fingerprint density at radius 1 is 0.862 bits per heavy atom. The lowest BCUT2D eigenvalue weighted by Crippen LogP contribution is -2.32. The number of hydrogen-bond donors (Lipinski definition) is 0. The van der Waals surface area contributed by atoms with Gasteiger partial charge in [0.15, 0.2) is 0 Å². The van der Waals surface area contributed by atoms with Crippen molar-refractivity contribution in [2.75, 3.05) is 4.90 Å². The fourth-order valence-electron chi connectivity index (χ4n) is 4.58. The monoisotopic (exact) mass is 473 g/mol. The van der Waals surface area contributed by atoms with E-state index in [1.54, 1.807) is 24.3 Å². The molecule has 4 atom stereocenters. The van der Waals surface area contributed by atoms with Crippen LogP contribution in [0.2, 0.25) is 0 Å². The van der Waals surface area contributed by atoms with Crippen LogP contribution in [0.15, 0.2) is 70.1 Å². The Kier molecular flexibility index (Phi) is 4.18. The molecule has 3 aliphatic rings. The van der Waals surface area contributed by atoms with Gasteiger partial charge in [0.1, 0.15) is 10.6 Å². The van der Waals surface area contributed by atoms with Crippen molar-refractivity contribution in [3.8, 4) is 5.75 Å². The van der Waals surface area contributed by atoms with Gasteiger partial charge in [-0.15, -0.1) is 0 Å². The number of benzene rings is 2. The van der Waals surface area contributed by atoms with Crippen molar-refractivity contribution in [2.24, 2.45) is 23.7 Å². The van der Waals surface area contributed by atoms with Crippen molar-refractivity contribution in [3.05, 3.63) is 65.2 Å². The van der Waals surface area contributed by atoms with Gasteiger partial charge in [-0.05, 0) is 66.8 Å². The standard InChI is InChI=1S/C21H16BrNO5S/c22-14-3-9-17(10-4-14)29(26,27)28-16-7-5-15(6-8-16)23-20(24)18-12-1-2-13(11-12)19(18)21(23)25/h1-10,12-13,18-19H,11H2/t12-,13-,18-,19-/m0/s1. The van der Waals surface area contributed by atoms with E-state index < -0.39 is 10.1 Å². The van der Waals surface area contributed by atoms with Crippen LogP contribution in [-0.4, -0.2) is 20.2 Å². The largest absolute Gasteiger partial charge is 0.379 e. The Labute approximate surface area is 176 Å². The highest BCUT2D eigenvalue weighted by molar-refractivity contribution is 9.10. The summed E-state index contributed by atoms with van der Waals surface area (Å²) in [5, 5.41) is 0. The van der Waals surface area contributed by atoms with Crippen molar-refractivity contribution in [1.29, 1.82) is 0 Å². The number of hydrogen-bond acceptors (Lipinski definition) is 5. The van der Waals surface area contributed by atoms with Gasteiger partial charge in [0.25, 0.3) is 0 Å². The van der Waals surface area contributed by atoms with Gasteiger partial charge in [-0.1, -0.05) is 28.1 Å². The lowest BCUT2D eigenvalue weighted by Gasteiger charge is -2.17. The molecule has 0 aromatic heterocycles. The van der Waals surface area contributed by atoms with Crippen LogP contribution in [-0.2, 0) is 19.7 Å². The molecule has 1 saturated heterocycles. The highest BCUT2D eigenvalue weighted by atomic mass is 79.9. The molecule has 0 spiro atoms. The molecule has 8 heteroatoms. The molecule has 1 saturated carbocycles. The first-order valence-corrected chi connectivity index (χ1v) is 11.4. The summed E-state index contributed by atoms with van der Waals surface area (Å²) in [7, 11) is -3.98. The summed E-state index contributed by atoms with van der Waals surface area (Å²) in [6.45, 7) is 0. The molecule has 0 radical (unpaired) electrons. The van der Waals surface area contributed by atoms with Crippen LogP contribution in [0.3, 0.4) is 0 Å². The number of carbonyl (C=O) groups is 2. The number of allylic oxidation sites excluding steroid dienone is 2. The zero-order valence-corrected chi connectivity index (χ0v) is 17.5. The average Bonchev–Trinajstić information content (AvgIpc) is 3.37. The second kappa shape index (κ2) is 6.53. The summed E-state index contributed by atoms with van der Waals surface area (Å²) in [4.78, 5) is 27.0. The van der Waals surface area contributed by atoms with E-state index in [4.69, 9.17) is 4.18 Å². The first kappa shape index (κ1) is 18.6. The molecule has 2 fully saturated rings. The van der Waals surface area contributed by atoms with E-state index in [1.165, 1.54) is 29.2 Å². The summed E-state index contributed by atoms with van der Waals surface area (Å²) >= 11 is 3.26. The zero-order chi connectivity index (χ0) is 20.3. The van der Waals surface area contributed by atoms with Gasteiger partial charge >= 0.3 is 10.1 Å². The second-order valence-electron chi connectivity index (χ2n) is 7.50. The highest BCUT2D eigenvalue weighted by Crippen LogP contribution is 2.53. The minimum Gasteiger partial charge on any atom is -0.379 e. The number of nitrogens with zero attached hydrogens (tertiary/aromatic N) is 1. The summed E-state index contributed by atoms with van der Waals surface area (Å²) in [6.07, 6.45) is 4.97. The third-order valence-electron chi connectivity index (χ3n) is 5.87. The quantitative estimate of drug-likeness (QED) is 0.385. The van der Waals surface area contributed by atoms with Gasteiger partial charge in [0, 0.05) is 4.47 Å². The average molecular weight is 474 g/mol. The molecule has 148 valence electrons. The molecule has 29 heavy (non-hydrogen) atoms. The van der Waals surface area contributed by atoms with Crippen LogP contribution < -0.4 is 9.08 Å². The Balaban J connectivity index is 1.36. The summed E-state index contributed by atoms with van der Waals surface area (Å²) in [5.74, 6) is -0.494. The molecule has 2 bridgehead atoms. The van der Waals surface area contributed by atoms with Crippen LogP contribution in [0.1, 0.15) is 6.42 Å². The van der Waals surface area contributed by atoms with E-state index >= 15 is 0 Å². The van der Waals surface area contributed by atoms with Gasteiger partial charge in [-0.25, -0.2) is 0 Å². The predicted molar refractivity (Wildman–Crippen MR) is 109 cm³/mol. The van der Waals surface area contributed by atoms with Gasteiger partial charge < -0.3 is 4.18 Å². The van der Waals surface area contributed by atoms with Crippen LogP contribution in [0.5, 0.6) is 5.75 Å². The van der Waals surface area contributed by atoms with Crippen LogP contribution in [0, 0.1) is 23.7 Å². The van der Waals surface area contributed by atoms with Crippen molar-refractivity contribution < 1.29 is 22.2 Å². The Hall–Kier alpha value is -2.45. The maximum absolute atomic E-state index is 12.9. The molecule has 1 heterocycles. The Bertz CT molecular complexity index is 1110. The zero-order valence-electron chi connectivity index (χ0n) is 15.1. The minimum absolute atomic E-state index is 0.0328. The van der Waals surface area contributed by atoms with E-state index in [-0.39, 0.29) is 46.1 Å². The first-order chi connectivity index (χ1) is 13.8. The molecule has 0 unspecified atom stereocenters. The van der Waals surface area contributed by atoms with Crippen molar-refractivity contribution in [1.82, 2.24) is 0 Å². The number of halogens is 1. The molecule has 2 aliphatic carbocycles. The van der Waals surface area contributed by atoms with Crippen molar-refractivity contribution >= 4 is 43.5 Å². The number of anilines is 1. The van der Waals surface area contributed by atoms with Crippen molar-refractivity contribution in [2.45, 2.75) is 11.3 Å². The van der Waals surface area contributed by atoms with Gasteiger partial charge in [0.05, 0.1) is 17.5 Å². The van der Waals surface area contributed by atoms with Crippen molar-refractivity contribution in [3.63, 3.8) is 0 Å². The van der Waals surface area contributed by atoms with E-state index in [2.05, 4.69) is 15.9 Å². The number of rotatable bonds is 4. The smallest absolute Gasteiger partial charge is 0.339 e. The van der Waals surface area contributed by atoms with E-state index in [1.807, 2.05) is 12.2 Å². The first-order valence-electron chi connectivity index (χ1n) is 9.21. The molecule has 2 aromatic rings.